The van der Waals surface area contributed by atoms with Crippen LogP contribution in [-0.2, 0) is 14.6 Å². The second-order valence-electron chi connectivity index (χ2n) is 6.48. The monoisotopic (exact) mass is 356 g/mol. The van der Waals surface area contributed by atoms with Gasteiger partial charge in [-0.25, -0.2) is 8.42 Å². The van der Waals surface area contributed by atoms with Crippen LogP contribution >= 0.6 is 0 Å². The van der Waals surface area contributed by atoms with E-state index in [9.17, 15) is 18.5 Å². The summed E-state index contributed by atoms with van der Waals surface area (Å²) in [5.74, 6) is 0. The molecule has 0 aliphatic heterocycles. The molecule has 1 saturated carbocycles. The molecule has 0 bridgehead atoms. The van der Waals surface area contributed by atoms with Gasteiger partial charge < -0.3 is 10.1 Å². The van der Waals surface area contributed by atoms with Crippen LogP contribution in [0, 0.1) is 10.1 Å². The molecule has 0 atom stereocenters. The van der Waals surface area contributed by atoms with Crippen LogP contribution in [0.15, 0.2) is 23.1 Å². The molecular formula is C16H24N2O5S. The van der Waals surface area contributed by atoms with Gasteiger partial charge in [0.15, 0.2) is 9.84 Å². The molecule has 7 nitrogen and oxygen atoms in total. The zero-order valence-electron chi connectivity index (χ0n) is 14.2. The summed E-state index contributed by atoms with van der Waals surface area (Å²) in [7, 11) is -3.67. The molecule has 0 saturated heterocycles. The van der Waals surface area contributed by atoms with E-state index in [1.165, 1.54) is 12.1 Å². The van der Waals surface area contributed by atoms with E-state index in [0.717, 1.165) is 31.9 Å². The van der Waals surface area contributed by atoms with Crippen LogP contribution in [0.3, 0.4) is 0 Å². The van der Waals surface area contributed by atoms with Gasteiger partial charge in [0.05, 0.1) is 17.1 Å². The lowest BCUT2D eigenvalue weighted by molar-refractivity contribution is -0.386. The Hall–Kier alpha value is -1.67. The molecule has 8 heteroatoms. The van der Waals surface area contributed by atoms with Crippen LogP contribution in [0.1, 0.15) is 39.5 Å². The Labute approximate surface area is 142 Å². The van der Waals surface area contributed by atoms with Gasteiger partial charge in [0, 0.05) is 12.3 Å². The highest BCUT2D eigenvalue weighted by Gasteiger charge is 2.29. The SMILES string of the molecule is CC(C)OC1CCC(Nc2cccc(S(C)(=O)=O)c2[N+](=O)[O-])CC1. The molecule has 1 aliphatic rings. The Balaban J connectivity index is 2.15. The van der Waals surface area contributed by atoms with Gasteiger partial charge >= 0.3 is 5.69 Å². The summed E-state index contributed by atoms with van der Waals surface area (Å²) in [5, 5.41) is 14.5. The van der Waals surface area contributed by atoms with Crippen molar-refractivity contribution in [3.8, 4) is 0 Å². The summed E-state index contributed by atoms with van der Waals surface area (Å²) < 4.78 is 29.4. The van der Waals surface area contributed by atoms with Crippen molar-refractivity contribution in [2.75, 3.05) is 11.6 Å². The molecule has 2 rings (SSSR count). The largest absolute Gasteiger partial charge is 0.377 e. The summed E-state index contributed by atoms with van der Waals surface area (Å²) in [5.41, 5.74) is -0.114. The highest BCUT2D eigenvalue weighted by molar-refractivity contribution is 7.90. The molecule has 24 heavy (non-hydrogen) atoms. The van der Waals surface area contributed by atoms with Crippen molar-refractivity contribution in [2.24, 2.45) is 0 Å². The maximum atomic E-state index is 11.8. The quantitative estimate of drug-likeness (QED) is 0.621. The number of nitro benzene ring substituents is 1. The molecule has 0 radical (unpaired) electrons. The molecule has 0 amide bonds. The fraction of sp³-hybridized carbons (Fsp3) is 0.625. The van der Waals surface area contributed by atoms with E-state index >= 15 is 0 Å². The average Bonchev–Trinajstić information content (AvgIpc) is 2.47. The Morgan fingerprint density at radius 2 is 1.88 bits per heavy atom. The smallest absolute Gasteiger partial charge is 0.310 e. The summed E-state index contributed by atoms with van der Waals surface area (Å²) in [6.07, 6.45) is 4.82. The predicted octanol–water partition coefficient (Wildman–Crippen LogP) is 3.15. The van der Waals surface area contributed by atoms with Crippen molar-refractivity contribution in [1.82, 2.24) is 0 Å². The third-order valence-corrected chi connectivity index (χ3v) is 5.21. The van der Waals surface area contributed by atoms with Gasteiger partial charge in [-0.05, 0) is 51.7 Å². The second-order valence-corrected chi connectivity index (χ2v) is 8.47. The van der Waals surface area contributed by atoms with E-state index in [1.54, 1.807) is 6.07 Å². The first-order chi connectivity index (χ1) is 11.2. The number of nitrogens with one attached hydrogen (secondary N) is 1. The lowest BCUT2D eigenvalue weighted by Gasteiger charge is -2.30. The van der Waals surface area contributed by atoms with Gasteiger partial charge in [-0.1, -0.05) is 6.07 Å². The van der Waals surface area contributed by atoms with Crippen LogP contribution in [0.2, 0.25) is 0 Å². The van der Waals surface area contributed by atoms with Crippen LogP contribution < -0.4 is 5.32 Å². The fourth-order valence-corrected chi connectivity index (χ4v) is 3.94. The third-order valence-electron chi connectivity index (χ3n) is 4.08. The lowest BCUT2D eigenvalue weighted by atomic mass is 9.92. The van der Waals surface area contributed by atoms with E-state index in [-0.39, 0.29) is 34.5 Å². The molecule has 0 heterocycles. The van der Waals surface area contributed by atoms with Crippen LogP contribution in [0.4, 0.5) is 11.4 Å². The van der Waals surface area contributed by atoms with Crippen molar-refractivity contribution in [3.63, 3.8) is 0 Å². The van der Waals surface area contributed by atoms with Crippen molar-refractivity contribution in [3.05, 3.63) is 28.3 Å². The van der Waals surface area contributed by atoms with E-state index < -0.39 is 14.8 Å². The molecular weight excluding hydrogens is 332 g/mol. The topological polar surface area (TPSA) is 98.5 Å². The average molecular weight is 356 g/mol. The minimum atomic E-state index is -3.67. The number of rotatable bonds is 6. The number of ether oxygens (including phenoxy) is 1. The second kappa shape index (κ2) is 7.48. The molecule has 134 valence electrons. The Morgan fingerprint density at radius 1 is 1.25 bits per heavy atom. The lowest BCUT2D eigenvalue weighted by Crippen LogP contribution is -2.31. The van der Waals surface area contributed by atoms with Crippen LogP contribution in [0.5, 0.6) is 0 Å². The zero-order valence-corrected chi connectivity index (χ0v) is 15.0. The van der Waals surface area contributed by atoms with E-state index in [2.05, 4.69) is 5.32 Å². The first-order valence-corrected chi connectivity index (χ1v) is 9.97. The van der Waals surface area contributed by atoms with Crippen molar-refractivity contribution in [2.45, 2.75) is 62.7 Å². The summed E-state index contributed by atoms with van der Waals surface area (Å²) in [6.45, 7) is 4.01. The predicted molar refractivity (Wildman–Crippen MR) is 92.1 cm³/mol. The van der Waals surface area contributed by atoms with Crippen molar-refractivity contribution in [1.29, 1.82) is 0 Å². The van der Waals surface area contributed by atoms with Crippen molar-refractivity contribution >= 4 is 21.2 Å². The highest BCUT2D eigenvalue weighted by atomic mass is 32.2. The molecule has 1 aromatic rings. The first-order valence-electron chi connectivity index (χ1n) is 8.08. The maximum absolute atomic E-state index is 11.8. The minimum absolute atomic E-state index is 0.0746. The number of nitrogens with zero attached hydrogens (tertiary/aromatic N) is 1. The molecule has 1 aromatic carbocycles. The van der Waals surface area contributed by atoms with Crippen molar-refractivity contribution < 1.29 is 18.1 Å². The van der Waals surface area contributed by atoms with Gasteiger partial charge in [0.25, 0.3) is 0 Å². The summed E-state index contributed by atoms with van der Waals surface area (Å²) in [4.78, 5) is 10.5. The molecule has 0 unspecified atom stereocenters. The number of nitro groups is 1. The van der Waals surface area contributed by atoms with Gasteiger partial charge in [0.1, 0.15) is 10.6 Å². The Bertz CT molecular complexity index is 694. The first kappa shape index (κ1) is 18.7. The maximum Gasteiger partial charge on any atom is 0.310 e. The standard InChI is InChI=1S/C16H24N2O5S/c1-11(2)23-13-9-7-12(8-10-13)17-14-5-4-6-15(24(3,21)22)16(14)18(19)20/h4-6,11-13,17H,7-10H2,1-3H3. The van der Waals surface area contributed by atoms with Gasteiger partial charge in [0.2, 0.25) is 0 Å². The zero-order chi connectivity index (χ0) is 17.9. The molecule has 1 fully saturated rings. The third kappa shape index (κ3) is 4.67. The number of benzene rings is 1. The number of sulfone groups is 1. The molecule has 0 aromatic heterocycles. The minimum Gasteiger partial charge on any atom is -0.377 e. The normalized spacial score (nSPS) is 21.7. The van der Waals surface area contributed by atoms with E-state index in [0.29, 0.717) is 0 Å². The number of hydrogen-bond acceptors (Lipinski definition) is 6. The summed E-state index contributed by atoms with van der Waals surface area (Å²) in [6, 6.07) is 4.43. The van der Waals surface area contributed by atoms with Crippen LogP contribution in [-0.4, -0.2) is 37.8 Å². The molecule has 1 aliphatic carbocycles. The van der Waals surface area contributed by atoms with Gasteiger partial charge in [-0.15, -0.1) is 0 Å². The van der Waals surface area contributed by atoms with Gasteiger partial charge in [-0.2, -0.15) is 0 Å². The number of hydrogen-bond donors (Lipinski definition) is 1. The number of anilines is 1. The molecule has 1 N–H and O–H groups in total. The van der Waals surface area contributed by atoms with Crippen LogP contribution in [0.25, 0.3) is 0 Å². The van der Waals surface area contributed by atoms with Gasteiger partial charge in [-0.3, -0.25) is 10.1 Å². The fourth-order valence-electron chi connectivity index (χ4n) is 3.07. The van der Waals surface area contributed by atoms with E-state index in [1.807, 2.05) is 13.8 Å². The molecule has 0 spiro atoms. The highest BCUT2D eigenvalue weighted by Crippen LogP contribution is 2.34. The Kier molecular flexibility index (Phi) is 5.82. The summed E-state index contributed by atoms with van der Waals surface area (Å²) >= 11 is 0. The van der Waals surface area contributed by atoms with E-state index in [4.69, 9.17) is 4.74 Å². The number of para-hydroxylation sites is 1. The Morgan fingerprint density at radius 3 is 2.38 bits per heavy atom.